The van der Waals surface area contributed by atoms with Crippen LogP contribution in [-0.2, 0) is 13.0 Å². The van der Waals surface area contributed by atoms with Crippen molar-refractivity contribution in [3.63, 3.8) is 0 Å². The molecule has 0 aliphatic rings. The number of hydrogen-bond donors (Lipinski definition) is 1. The lowest BCUT2D eigenvalue weighted by Crippen LogP contribution is -1.96. The van der Waals surface area contributed by atoms with E-state index in [9.17, 15) is 0 Å². The van der Waals surface area contributed by atoms with E-state index in [4.69, 9.17) is 5.73 Å². The lowest BCUT2D eigenvalue weighted by Gasteiger charge is -2.00. The van der Waals surface area contributed by atoms with Gasteiger partial charge in [-0.2, -0.15) is 0 Å². The van der Waals surface area contributed by atoms with Gasteiger partial charge in [-0.25, -0.2) is 4.98 Å². The van der Waals surface area contributed by atoms with Crippen LogP contribution < -0.4 is 5.73 Å². The van der Waals surface area contributed by atoms with E-state index in [-0.39, 0.29) is 0 Å². The van der Waals surface area contributed by atoms with Gasteiger partial charge in [0, 0.05) is 28.4 Å². The topological polar surface area (TPSA) is 51.8 Å². The summed E-state index contributed by atoms with van der Waals surface area (Å²) >= 11 is 1.69. The molecule has 0 aromatic carbocycles. The van der Waals surface area contributed by atoms with Gasteiger partial charge in [0.1, 0.15) is 5.01 Å². The molecule has 0 saturated carbocycles. The molecule has 2 heterocycles. The highest BCUT2D eigenvalue weighted by Gasteiger charge is 2.10. The molecule has 0 fully saturated rings. The van der Waals surface area contributed by atoms with E-state index in [1.54, 1.807) is 11.3 Å². The summed E-state index contributed by atoms with van der Waals surface area (Å²) in [6.07, 6.45) is 0.937. The van der Waals surface area contributed by atoms with Crippen LogP contribution in [-0.4, -0.2) is 9.97 Å². The maximum Gasteiger partial charge on any atom is 0.124 e. The second-order valence-electron chi connectivity index (χ2n) is 4.09. The smallest absolute Gasteiger partial charge is 0.124 e. The first-order valence-electron chi connectivity index (χ1n) is 5.78. The summed E-state index contributed by atoms with van der Waals surface area (Å²) in [4.78, 5) is 10.2. The molecule has 0 bridgehead atoms. The van der Waals surface area contributed by atoms with Crippen LogP contribution >= 0.6 is 11.3 Å². The second kappa shape index (κ2) is 4.94. The number of aryl methyl sites for hydroxylation is 3. The summed E-state index contributed by atoms with van der Waals surface area (Å²) < 4.78 is 0. The third-order valence-corrected chi connectivity index (χ3v) is 3.80. The summed E-state index contributed by atoms with van der Waals surface area (Å²) in [7, 11) is 0. The van der Waals surface area contributed by atoms with Crippen molar-refractivity contribution in [2.75, 3.05) is 0 Å². The van der Waals surface area contributed by atoms with E-state index in [0.29, 0.717) is 6.54 Å². The van der Waals surface area contributed by atoms with Crippen molar-refractivity contribution in [2.45, 2.75) is 33.7 Å². The highest BCUT2D eigenvalue weighted by atomic mass is 32.1. The minimum absolute atomic E-state index is 0.573. The third kappa shape index (κ3) is 2.53. The molecule has 4 heteroatoms. The first-order valence-corrected chi connectivity index (χ1v) is 6.60. The highest BCUT2D eigenvalue weighted by Crippen LogP contribution is 2.28. The fourth-order valence-corrected chi connectivity index (χ4v) is 2.92. The first kappa shape index (κ1) is 12.2. The molecule has 90 valence electrons. The van der Waals surface area contributed by atoms with Crippen molar-refractivity contribution in [1.82, 2.24) is 9.97 Å². The van der Waals surface area contributed by atoms with Crippen molar-refractivity contribution < 1.29 is 0 Å². The van der Waals surface area contributed by atoms with Gasteiger partial charge >= 0.3 is 0 Å². The predicted octanol–water partition coefficient (Wildman–Crippen LogP) is 2.84. The maximum absolute atomic E-state index is 5.74. The molecule has 0 aliphatic heterocycles. The lowest BCUT2D eigenvalue weighted by atomic mass is 10.2. The molecule has 2 N–H and O–H groups in total. The standard InChI is InChI=1S/C13H17N3S/c1-4-11-12(7-14)17-13(16-11)10-5-8(2)15-9(3)6-10/h5-6H,4,7,14H2,1-3H3. The SMILES string of the molecule is CCc1nc(-c2cc(C)nc(C)c2)sc1CN. The Bertz CT molecular complexity index is 490. The van der Waals surface area contributed by atoms with Gasteiger partial charge in [-0.3, -0.25) is 4.98 Å². The highest BCUT2D eigenvalue weighted by molar-refractivity contribution is 7.15. The van der Waals surface area contributed by atoms with Gasteiger partial charge in [0.2, 0.25) is 0 Å². The average Bonchev–Trinajstić information content (AvgIpc) is 2.70. The fourth-order valence-electron chi connectivity index (χ4n) is 1.90. The van der Waals surface area contributed by atoms with E-state index in [1.807, 2.05) is 13.8 Å². The van der Waals surface area contributed by atoms with Gasteiger partial charge in [0.25, 0.3) is 0 Å². The number of thiazole rings is 1. The zero-order valence-corrected chi connectivity index (χ0v) is 11.3. The minimum atomic E-state index is 0.573. The van der Waals surface area contributed by atoms with Crippen molar-refractivity contribution >= 4 is 11.3 Å². The Balaban J connectivity index is 2.48. The summed E-state index contributed by atoms with van der Waals surface area (Å²) in [6, 6.07) is 4.15. The largest absolute Gasteiger partial charge is 0.326 e. The summed E-state index contributed by atoms with van der Waals surface area (Å²) in [6.45, 7) is 6.70. The normalized spacial score (nSPS) is 10.8. The van der Waals surface area contributed by atoms with Gasteiger partial charge in [-0.15, -0.1) is 11.3 Å². The molecule has 0 unspecified atom stereocenters. The zero-order valence-electron chi connectivity index (χ0n) is 10.4. The van der Waals surface area contributed by atoms with Crippen LogP contribution in [0.15, 0.2) is 12.1 Å². The monoisotopic (exact) mass is 247 g/mol. The summed E-state index contributed by atoms with van der Waals surface area (Å²) in [5, 5.41) is 1.05. The molecule has 3 nitrogen and oxygen atoms in total. The fraction of sp³-hybridized carbons (Fsp3) is 0.385. The molecule has 0 radical (unpaired) electrons. The summed E-state index contributed by atoms with van der Waals surface area (Å²) in [5.74, 6) is 0. The van der Waals surface area contributed by atoms with Gasteiger partial charge in [0.05, 0.1) is 5.69 Å². The molecular weight excluding hydrogens is 230 g/mol. The molecule has 0 saturated heterocycles. The van der Waals surface area contributed by atoms with Gasteiger partial charge in [0.15, 0.2) is 0 Å². The lowest BCUT2D eigenvalue weighted by molar-refractivity contribution is 0.989. The minimum Gasteiger partial charge on any atom is -0.326 e. The number of rotatable bonds is 3. The van der Waals surface area contributed by atoms with E-state index in [2.05, 4.69) is 29.0 Å². The third-order valence-electron chi connectivity index (χ3n) is 2.63. The van der Waals surface area contributed by atoms with Crippen molar-refractivity contribution in [1.29, 1.82) is 0 Å². The number of nitrogens with zero attached hydrogens (tertiary/aromatic N) is 2. The van der Waals surface area contributed by atoms with Crippen LogP contribution in [0.4, 0.5) is 0 Å². The molecule has 2 aromatic heterocycles. The Morgan fingerprint density at radius 3 is 2.29 bits per heavy atom. The molecule has 0 atom stereocenters. The first-order chi connectivity index (χ1) is 8.13. The van der Waals surface area contributed by atoms with Gasteiger partial charge in [-0.1, -0.05) is 6.92 Å². The Kier molecular flexibility index (Phi) is 3.54. The zero-order chi connectivity index (χ0) is 12.4. The van der Waals surface area contributed by atoms with Gasteiger partial charge in [-0.05, 0) is 32.4 Å². The van der Waals surface area contributed by atoms with Crippen LogP contribution in [0.1, 0.15) is 28.9 Å². The van der Waals surface area contributed by atoms with Crippen LogP contribution in [0.2, 0.25) is 0 Å². The number of nitrogens with two attached hydrogens (primary N) is 1. The van der Waals surface area contributed by atoms with Crippen molar-refractivity contribution in [3.05, 3.63) is 34.1 Å². The van der Waals surface area contributed by atoms with Crippen molar-refractivity contribution in [3.8, 4) is 10.6 Å². The van der Waals surface area contributed by atoms with Crippen LogP contribution in [0, 0.1) is 13.8 Å². The van der Waals surface area contributed by atoms with E-state index in [1.165, 1.54) is 4.88 Å². The van der Waals surface area contributed by atoms with E-state index in [0.717, 1.165) is 34.1 Å². The summed E-state index contributed by atoms with van der Waals surface area (Å²) in [5.41, 5.74) is 10.1. The second-order valence-corrected chi connectivity index (χ2v) is 5.17. The van der Waals surface area contributed by atoms with Crippen LogP contribution in [0.5, 0.6) is 0 Å². The van der Waals surface area contributed by atoms with Crippen molar-refractivity contribution in [2.24, 2.45) is 5.73 Å². The Hall–Kier alpha value is -1.26. The molecule has 0 spiro atoms. The quantitative estimate of drug-likeness (QED) is 0.907. The number of hydrogen-bond acceptors (Lipinski definition) is 4. The molecule has 17 heavy (non-hydrogen) atoms. The Morgan fingerprint density at radius 1 is 1.18 bits per heavy atom. The Labute approximate surface area is 106 Å². The molecule has 0 amide bonds. The molecule has 2 rings (SSSR count). The van der Waals surface area contributed by atoms with Crippen LogP contribution in [0.3, 0.4) is 0 Å². The van der Waals surface area contributed by atoms with Gasteiger partial charge < -0.3 is 5.73 Å². The average molecular weight is 247 g/mol. The molecule has 2 aromatic rings. The number of aromatic nitrogens is 2. The Morgan fingerprint density at radius 2 is 1.82 bits per heavy atom. The van der Waals surface area contributed by atoms with Crippen LogP contribution in [0.25, 0.3) is 10.6 Å². The molecule has 0 aliphatic carbocycles. The maximum atomic E-state index is 5.74. The number of pyridine rings is 1. The van der Waals surface area contributed by atoms with E-state index < -0.39 is 0 Å². The predicted molar refractivity (Wildman–Crippen MR) is 72.1 cm³/mol. The van der Waals surface area contributed by atoms with E-state index >= 15 is 0 Å². The molecular formula is C13H17N3S.